The smallest absolute Gasteiger partial charge is 0.267 e. The van der Waals surface area contributed by atoms with E-state index >= 15 is 0 Å². The fraction of sp³-hybridized carbons (Fsp3) is 0.133. The Bertz CT molecular complexity index is 868. The summed E-state index contributed by atoms with van der Waals surface area (Å²) < 4.78 is 28.8. The monoisotopic (exact) mass is 319 g/mol. The number of aryl methyl sites for hydroxylation is 1. The van der Waals surface area contributed by atoms with Crippen molar-refractivity contribution in [2.24, 2.45) is 0 Å². The van der Waals surface area contributed by atoms with Gasteiger partial charge in [0.2, 0.25) is 0 Å². The number of halogens is 2. The molecule has 4 nitrogen and oxygen atoms in total. The van der Waals surface area contributed by atoms with E-state index in [0.29, 0.717) is 10.7 Å². The standard InChI is InChI=1S/C15H11F2N3OS/c1-9-5-6-14(21)20(19-9)7-13-18-12(8-22-13)15-10(16)3-2-4-11(15)17/h2-6,8H,7H2,1H3. The molecule has 0 aliphatic rings. The second-order valence-corrected chi connectivity index (χ2v) is 5.64. The van der Waals surface area contributed by atoms with E-state index in [0.717, 1.165) is 0 Å². The lowest BCUT2D eigenvalue weighted by Gasteiger charge is -2.02. The fourth-order valence-electron chi connectivity index (χ4n) is 2.03. The Balaban J connectivity index is 1.95. The molecule has 0 fully saturated rings. The van der Waals surface area contributed by atoms with Crippen molar-refractivity contribution < 1.29 is 8.78 Å². The van der Waals surface area contributed by atoms with Crippen molar-refractivity contribution >= 4 is 11.3 Å². The van der Waals surface area contributed by atoms with Crippen molar-refractivity contribution in [2.45, 2.75) is 13.5 Å². The maximum atomic E-state index is 13.7. The van der Waals surface area contributed by atoms with Crippen molar-refractivity contribution in [3.63, 3.8) is 0 Å². The fourth-order valence-corrected chi connectivity index (χ4v) is 2.80. The summed E-state index contributed by atoms with van der Waals surface area (Å²) >= 11 is 1.23. The first-order valence-corrected chi connectivity index (χ1v) is 7.36. The molecule has 0 aliphatic carbocycles. The predicted molar refractivity (Wildman–Crippen MR) is 79.8 cm³/mol. The summed E-state index contributed by atoms with van der Waals surface area (Å²) in [5, 5.41) is 6.23. The van der Waals surface area contributed by atoms with Crippen molar-refractivity contribution in [1.29, 1.82) is 0 Å². The van der Waals surface area contributed by atoms with Crippen LogP contribution in [0.5, 0.6) is 0 Å². The summed E-state index contributed by atoms with van der Waals surface area (Å²) in [6, 6.07) is 6.72. The molecule has 7 heteroatoms. The molecule has 2 heterocycles. The van der Waals surface area contributed by atoms with Gasteiger partial charge in [-0.1, -0.05) is 6.07 Å². The molecule has 0 bridgehead atoms. The van der Waals surface area contributed by atoms with Gasteiger partial charge >= 0.3 is 0 Å². The topological polar surface area (TPSA) is 47.8 Å². The van der Waals surface area contributed by atoms with Gasteiger partial charge in [-0.05, 0) is 25.1 Å². The molecule has 112 valence electrons. The quantitative estimate of drug-likeness (QED) is 0.745. The third-order valence-electron chi connectivity index (χ3n) is 3.06. The minimum atomic E-state index is -0.664. The molecule has 1 aromatic carbocycles. The van der Waals surface area contributed by atoms with Crippen molar-refractivity contribution in [3.05, 3.63) is 68.4 Å². The second kappa shape index (κ2) is 5.76. The minimum Gasteiger partial charge on any atom is -0.268 e. The summed E-state index contributed by atoms with van der Waals surface area (Å²) in [5.41, 5.74) is 0.516. The summed E-state index contributed by atoms with van der Waals surface area (Å²) in [6.45, 7) is 1.94. The Kier molecular flexibility index (Phi) is 3.81. The molecule has 0 N–H and O–H groups in total. The SMILES string of the molecule is Cc1ccc(=O)n(Cc2nc(-c3c(F)cccc3F)cs2)n1. The summed E-state index contributed by atoms with van der Waals surface area (Å²) in [4.78, 5) is 15.9. The molecular weight excluding hydrogens is 308 g/mol. The highest BCUT2D eigenvalue weighted by Crippen LogP contribution is 2.27. The lowest BCUT2D eigenvalue weighted by atomic mass is 10.1. The average Bonchev–Trinajstić information content (AvgIpc) is 2.91. The van der Waals surface area contributed by atoms with Crippen molar-refractivity contribution in [2.75, 3.05) is 0 Å². The van der Waals surface area contributed by atoms with Crippen LogP contribution in [-0.4, -0.2) is 14.8 Å². The highest BCUT2D eigenvalue weighted by Gasteiger charge is 2.14. The van der Waals surface area contributed by atoms with Gasteiger partial charge in [-0.25, -0.2) is 18.4 Å². The van der Waals surface area contributed by atoms with Crippen LogP contribution in [0.1, 0.15) is 10.7 Å². The molecular formula is C15H11F2N3OS. The van der Waals surface area contributed by atoms with Gasteiger partial charge in [-0.2, -0.15) is 5.10 Å². The highest BCUT2D eigenvalue weighted by molar-refractivity contribution is 7.09. The van der Waals surface area contributed by atoms with Gasteiger partial charge in [0.1, 0.15) is 16.6 Å². The van der Waals surface area contributed by atoms with E-state index in [-0.39, 0.29) is 23.4 Å². The molecule has 0 saturated heterocycles. The van der Waals surface area contributed by atoms with E-state index < -0.39 is 11.6 Å². The van der Waals surface area contributed by atoms with Gasteiger partial charge in [-0.15, -0.1) is 11.3 Å². The predicted octanol–water partition coefficient (Wildman–Crippen LogP) is 3.00. The Hall–Kier alpha value is -2.41. The van der Waals surface area contributed by atoms with Gasteiger partial charge in [0, 0.05) is 11.4 Å². The Morgan fingerprint density at radius 1 is 1.18 bits per heavy atom. The molecule has 0 saturated carbocycles. The van der Waals surface area contributed by atoms with Gasteiger partial charge in [0.05, 0.1) is 23.5 Å². The average molecular weight is 319 g/mol. The normalized spacial score (nSPS) is 10.9. The number of hydrogen-bond acceptors (Lipinski definition) is 4. The summed E-state index contributed by atoms with van der Waals surface area (Å²) in [5.74, 6) is -1.33. The van der Waals surface area contributed by atoms with E-state index in [9.17, 15) is 13.6 Å². The van der Waals surface area contributed by atoms with Crippen LogP contribution in [0.2, 0.25) is 0 Å². The number of rotatable bonds is 3. The molecule has 3 rings (SSSR count). The number of nitrogens with zero attached hydrogens (tertiary/aromatic N) is 3. The van der Waals surface area contributed by atoms with Crippen molar-refractivity contribution in [1.82, 2.24) is 14.8 Å². The van der Waals surface area contributed by atoms with Gasteiger partial charge in [0.15, 0.2) is 0 Å². The Morgan fingerprint density at radius 2 is 1.91 bits per heavy atom. The van der Waals surface area contributed by atoms with Gasteiger partial charge in [0.25, 0.3) is 5.56 Å². The number of benzene rings is 1. The largest absolute Gasteiger partial charge is 0.268 e. The molecule has 0 amide bonds. The van der Waals surface area contributed by atoms with Crippen LogP contribution in [0.15, 0.2) is 40.5 Å². The lowest BCUT2D eigenvalue weighted by Crippen LogP contribution is -2.22. The number of hydrogen-bond donors (Lipinski definition) is 0. The van der Waals surface area contributed by atoms with Crippen LogP contribution in [0.3, 0.4) is 0 Å². The van der Waals surface area contributed by atoms with E-state index in [1.54, 1.807) is 18.4 Å². The van der Waals surface area contributed by atoms with Crippen LogP contribution < -0.4 is 5.56 Å². The second-order valence-electron chi connectivity index (χ2n) is 4.69. The molecule has 2 aromatic heterocycles. The van der Waals surface area contributed by atoms with E-state index in [2.05, 4.69) is 10.1 Å². The van der Waals surface area contributed by atoms with Crippen LogP contribution in [0.25, 0.3) is 11.3 Å². The van der Waals surface area contributed by atoms with Crippen molar-refractivity contribution in [3.8, 4) is 11.3 Å². The molecule has 3 aromatic rings. The summed E-state index contributed by atoms with van der Waals surface area (Å²) in [7, 11) is 0. The van der Waals surface area contributed by atoms with Crippen LogP contribution in [0.4, 0.5) is 8.78 Å². The first-order valence-electron chi connectivity index (χ1n) is 6.48. The Labute approximate surface area is 128 Å². The van der Waals surface area contributed by atoms with E-state index in [1.165, 1.54) is 40.3 Å². The molecule has 0 unspecified atom stereocenters. The maximum absolute atomic E-state index is 13.7. The molecule has 22 heavy (non-hydrogen) atoms. The third kappa shape index (κ3) is 2.80. The molecule has 0 atom stereocenters. The molecule has 0 aliphatic heterocycles. The van der Waals surface area contributed by atoms with E-state index in [4.69, 9.17) is 0 Å². The van der Waals surface area contributed by atoms with Crippen LogP contribution in [0, 0.1) is 18.6 Å². The lowest BCUT2D eigenvalue weighted by molar-refractivity contribution is 0.588. The maximum Gasteiger partial charge on any atom is 0.267 e. The zero-order valence-electron chi connectivity index (χ0n) is 11.6. The summed E-state index contributed by atoms with van der Waals surface area (Å²) in [6.07, 6.45) is 0. The Morgan fingerprint density at radius 3 is 2.64 bits per heavy atom. The zero-order chi connectivity index (χ0) is 15.7. The van der Waals surface area contributed by atoms with Gasteiger partial charge < -0.3 is 0 Å². The van der Waals surface area contributed by atoms with E-state index in [1.807, 2.05) is 0 Å². The van der Waals surface area contributed by atoms with Crippen LogP contribution >= 0.6 is 11.3 Å². The zero-order valence-corrected chi connectivity index (χ0v) is 12.4. The number of aromatic nitrogens is 3. The highest BCUT2D eigenvalue weighted by atomic mass is 32.1. The number of thiazole rings is 1. The van der Waals surface area contributed by atoms with Crippen LogP contribution in [-0.2, 0) is 6.54 Å². The molecule has 0 spiro atoms. The minimum absolute atomic E-state index is 0.158. The third-order valence-corrected chi connectivity index (χ3v) is 3.89. The first-order chi connectivity index (χ1) is 10.5. The van der Waals surface area contributed by atoms with Gasteiger partial charge in [-0.3, -0.25) is 4.79 Å². The molecule has 0 radical (unpaired) electrons. The first kappa shape index (κ1) is 14.5.